The Morgan fingerprint density at radius 3 is 2.60 bits per heavy atom. The van der Waals surface area contributed by atoms with E-state index in [0.29, 0.717) is 11.4 Å². The summed E-state index contributed by atoms with van der Waals surface area (Å²) in [5.74, 6) is -2.14. The number of hydrogen-bond acceptors (Lipinski definition) is 10. The number of aromatic nitrogens is 3. The largest absolute Gasteiger partial charge is 0.383 e. The summed E-state index contributed by atoms with van der Waals surface area (Å²) in [6.07, 6.45) is 2.63. The molecule has 232 valence electrons. The third-order valence-electron chi connectivity index (χ3n) is 7.19. The van der Waals surface area contributed by atoms with Crippen LogP contribution in [0.25, 0.3) is 21.3 Å². The third-order valence-corrected chi connectivity index (χ3v) is 10.2. The van der Waals surface area contributed by atoms with Gasteiger partial charge in [-0.05, 0) is 53.6 Å². The predicted octanol–water partition coefficient (Wildman–Crippen LogP) is 4.18. The Hall–Kier alpha value is -4.57. The van der Waals surface area contributed by atoms with Crippen LogP contribution >= 0.6 is 11.3 Å². The molecule has 0 spiro atoms. The molecule has 0 unspecified atom stereocenters. The van der Waals surface area contributed by atoms with E-state index in [2.05, 4.69) is 25.6 Å². The first-order chi connectivity index (χ1) is 21.7. The lowest BCUT2D eigenvalue weighted by Crippen LogP contribution is -2.40. The van der Waals surface area contributed by atoms with Gasteiger partial charge in [-0.15, -0.1) is 11.3 Å². The summed E-state index contributed by atoms with van der Waals surface area (Å²) < 4.78 is 60.3. The zero-order chi connectivity index (χ0) is 31.6. The van der Waals surface area contributed by atoms with Crippen molar-refractivity contribution in [2.75, 3.05) is 37.4 Å². The van der Waals surface area contributed by atoms with E-state index in [0.717, 1.165) is 38.4 Å². The second-order valence-corrected chi connectivity index (χ2v) is 13.2. The van der Waals surface area contributed by atoms with Crippen LogP contribution in [0.3, 0.4) is 0 Å². The Kier molecular flexibility index (Phi) is 8.67. The minimum atomic E-state index is -3.95. The second kappa shape index (κ2) is 12.8. The van der Waals surface area contributed by atoms with Crippen LogP contribution in [0.4, 0.5) is 20.4 Å². The van der Waals surface area contributed by atoms with Gasteiger partial charge in [0.25, 0.3) is 5.91 Å². The molecule has 15 heteroatoms. The van der Waals surface area contributed by atoms with Crippen molar-refractivity contribution in [3.8, 4) is 10.4 Å². The van der Waals surface area contributed by atoms with Crippen molar-refractivity contribution in [2.24, 2.45) is 0 Å². The number of nitrogens with zero attached hydrogens (tertiary/aromatic N) is 4. The summed E-state index contributed by atoms with van der Waals surface area (Å²) in [5.41, 5.74) is 8.02. The fraction of sp³-hybridized carbons (Fsp3) is 0.200. The molecule has 11 nitrogen and oxygen atoms in total. The highest BCUT2D eigenvalue weighted by molar-refractivity contribution is 7.89. The van der Waals surface area contributed by atoms with Crippen molar-refractivity contribution >= 4 is 49.8 Å². The molecule has 2 aromatic carbocycles. The van der Waals surface area contributed by atoms with E-state index in [1.54, 1.807) is 0 Å². The minimum absolute atomic E-state index is 0.0197. The molecule has 0 bridgehead atoms. The monoisotopic (exact) mass is 651 g/mol. The molecule has 1 saturated heterocycles. The molecule has 5 aromatic rings. The fourth-order valence-electron chi connectivity index (χ4n) is 4.79. The number of nitrogens with one attached hydrogen (secondary N) is 2. The average Bonchev–Trinajstić information content (AvgIpc) is 3.54. The highest BCUT2D eigenvalue weighted by Crippen LogP contribution is 2.32. The Morgan fingerprint density at radius 2 is 1.80 bits per heavy atom. The second-order valence-electron chi connectivity index (χ2n) is 10.1. The van der Waals surface area contributed by atoms with Gasteiger partial charge in [0.15, 0.2) is 11.6 Å². The molecule has 4 heterocycles. The van der Waals surface area contributed by atoms with Crippen LogP contribution < -0.4 is 16.4 Å². The van der Waals surface area contributed by atoms with Crippen LogP contribution in [0.15, 0.2) is 72.0 Å². The number of halogens is 2. The Labute approximate surface area is 261 Å². The number of rotatable bonds is 9. The molecule has 0 aliphatic carbocycles. The normalized spacial score (nSPS) is 14.0. The Bertz CT molecular complexity index is 2000. The van der Waals surface area contributed by atoms with Gasteiger partial charge < -0.3 is 21.1 Å². The van der Waals surface area contributed by atoms with Gasteiger partial charge in [-0.25, -0.2) is 32.2 Å². The van der Waals surface area contributed by atoms with Gasteiger partial charge >= 0.3 is 0 Å². The van der Waals surface area contributed by atoms with Gasteiger partial charge in [0, 0.05) is 41.0 Å². The number of fused-ring (bicyclic) bond motifs is 1. The van der Waals surface area contributed by atoms with Crippen LogP contribution in [0.2, 0.25) is 0 Å². The number of carbonyl (C=O) groups excluding carboxylic acids is 1. The van der Waals surface area contributed by atoms with Gasteiger partial charge in [-0.3, -0.25) is 4.79 Å². The lowest BCUT2D eigenvalue weighted by atomic mass is 10.1. The number of amides is 1. The molecule has 3 aromatic heterocycles. The molecule has 1 aliphatic heterocycles. The topological polar surface area (TPSA) is 152 Å². The molecular formula is C30H27F2N7O4S2. The maximum Gasteiger partial charge on any atom is 0.255 e. The number of anilines is 2. The first kappa shape index (κ1) is 30.5. The van der Waals surface area contributed by atoms with Crippen molar-refractivity contribution < 1.29 is 26.7 Å². The summed E-state index contributed by atoms with van der Waals surface area (Å²) in [5, 5.41) is 6.55. The molecule has 6 rings (SSSR count). The van der Waals surface area contributed by atoms with Crippen LogP contribution in [-0.4, -0.2) is 59.9 Å². The minimum Gasteiger partial charge on any atom is -0.383 e. The molecule has 0 saturated carbocycles. The summed E-state index contributed by atoms with van der Waals surface area (Å²) in [7, 11) is -3.95. The highest BCUT2D eigenvalue weighted by Gasteiger charge is 2.28. The zero-order valence-corrected chi connectivity index (χ0v) is 25.3. The average molecular weight is 652 g/mol. The SMILES string of the molecule is Nc1ncnc2ccc(-c3ccc(CNc4ncc(S(=O)(=O)N5CCOCC5)cc4C(=O)NCc4ccc(F)c(F)c4)s3)cc12. The molecule has 0 atom stereocenters. The van der Waals surface area contributed by atoms with E-state index in [1.165, 1.54) is 40.3 Å². The van der Waals surface area contributed by atoms with Crippen molar-refractivity contribution in [2.45, 2.75) is 18.0 Å². The Morgan fingerprint density at radius 1 is 0.978 bits per heavy atom. The Balaban J connectivity index is 1.24. The number of hydrogen-bond donors (Lipinski definition) is 3. The third kappa shape index (κ3) is 6.61. The standard InChI is InChI=1S/C30H27F2N7O4S2/c31-24-4-1-18(11-25(24)32)14-36-30(40)23-13-21(45(41,42)39-7-9-43-10-8-39)16-35-29(23)34-15-20-3-6-27(44-20)19-2-5-26-22(12-19)28(33)38-17-37-26/h1-6,11-13,16-17H,7-10,14-15H2,(H,34,35)(H,36,40)(H2,33,37,38). The quantitative estimate of drug-likeness (QED) is 0.213. The number of morpholine rings is 1. The maximum absolute atomic E-state index is 13.7. The summed E-state index contributed by atoms with van der Waals surface area (Å²) >= 11 is 1.52. The van der Waals surface area contributed by atoms with Crippen molar-refractivity contribution in [3.63, 3.8) is 0 Å². The van der Waals surface area contributed by atoms with Crippen LogP contribution in [0, 0.1) is 11.6 Å². The van der Waals surface area contributed by atoms with Gasteiger partial charge in [-0.2, -0.15) is 4.31 Å². The van der Waals surface area contributed by atoms with E-state index in [9.17, 15) is 22.0 Å². The van der Waals surface area contributed by atoms with E-state index in [-0.39, 0.29) is 55.7 Å². The van der Waals surface area contributed by atoms with Gasteiger partial charge in [0.2, 0.25) is 10.0 Å². The van der Waals surface area contributed by atoms with Crippen LogP contribution in [0.5, 0.6) is 0 Å². The number of carbonyl (C=O) groups is 1. The number of nitrogen functional groups attached to an aromatic ring is 1. The smallest absolute Gasteiger partial charge is 0.255 e. The fourth-order valence-corrected chi connectivity index (χ4v) is 7.12. The van der Waals surface area contributed by atoms with Crippen molar-refractivity contribution in [1.82, 2.24) is 24.6 Å². The number of benzene rings is 2. The molecule has 1 amide bonds. The summed E-state index contributed by atoms with van der Waals surface area (Å²) in [6.45, 7) is 1.05. The maximum atomic E-state index is 13.7. The predicted molar refractivity (Wildman–Crippen MR) is 166 cm³/mol. The van der Waals surface area contributed by atoms with Crippen molar-refractivity contribution in [3.05, 3.63) is 94.8 Å². The van der Waals surface area contributed by atoms with Gasteiger partial charge in [-0.1, -0.05) is 12.1 Å². The van der Waals surface area contributed by atoms with E-state index < -0.39 is 27.6 Å². The van der Waals surface area contributed by atoms with E-state index in [4.69, 9.17) is 10.5 Å². The number of sulfonamides is 1. The van der Waals surface area contributed by atoms with E-state index >= 15 is 0 Å². The lowest BCUT2D eigenvalue weighted by Gasteiger charge is -2.26. The lowest BCUT2D eigenvalue weighted by molar-refractivity contribution is 0.0730. The van der Waals surface area contributed by atoms with Crippen molar-refractivity contribution in [1.29, 1.82) is 0 Å². The van der Waals surface area contributed by atoms with Crippen LogP contribution in [0.1, 0.15) is 20.8 Å². The first-order valence-corrected chi connectivity index (χ1v) is 16.1. The molecule has 1 aliphatic rings. The van der Waals surface area contributed by atoms with Gasteiger partial charge in [0.05, 0.1) is 30.8 Å². The number of ether oxygens (including phenoxy) is 1. The number of pyridine rings is 1. The first-order valence-electron chi connectivity index (χ1n) is 13.8. The molecule has 4 N–H and O–H groups in total. The zero-order valence-electron chi connectivity index (χ0n) is 23.7. The number of nitrogens with two attached hydrogens (primary N) is 1. The van der Waals surface area contributed by atoms with Gasteiger partial charge in [0.1, 0.15) is 22.9 Å². The summed E-state index contributed by atoms with van der Waals surface area (Å²) in [6, 6.07) is 14.2. The number of thiophene rings is 1. The molecule has 0 radical (unpaired) electrons. The molecule has 45 heavy (non-hydrogen) atoms. The molecule has 1 fully saturated rings. The summed E-state index contributed by atoms with van der Waals surface area (Å²) in [4.78, 5) is 27.7. The van der Waals surface area contributed by atoms with Crippen LogP contribution in [-0.2, 0) is 27.8 Å². The van der Waals surface area contributed by atoms with E-state index in [1.807, 2.05) is 30.3 Å². The molecular weight excluding hydrogens is 625 g/mol. The highest BCUT2D eigenvalue weighted by atomic mass is 32.2.